The number of hydrogen-bond acceptors (Lipinski definition) is 2. The van der Waals surface area contributed by atoms with Crippen LogP contribution in [0, 0.1) is 0 Å². The van der Waals surface area contributed by atoms with Gasteiger partial charge in [0.15, 0.2) is 0 Å². The first kappa shape index (κ1) is 13.7. The third kappa shape index (κ3) is 4.12. The van der Waals surface area contributed by atoms with Crippen molar-refractivity contribution in [3.8, 4) is 0 Å². The number of nitrogens with one attached hydrogen (secondary N) is 1. The topological polar surface area (TPSA) is 38.3 Å². The molecule has 1 heterocycles. The third-order valence-electron chi connectivity index (χ3n) is 3.29. The van der Waals surface area contributed by atoms with Crippen molar-refractivity contribution in [2.75, 3.05) is 0 Å². The summed E-state index contributed by atoms with van der Waals surface area (Å²) >= 11 is 0. The lowest BCUT2D eigenvalue weighted by atomic mass is 10.0. The standard InChI is InChI=1S/C16H21NO2/c1-2-3-4-8-11-15-14(17-16(18)19-15)12-13-9-6-5-7-10-13/h5-11,14-15H,2-4,12H2,1H3,(H,17,18)/b11-8-/t14-,15+/m0/s1. The SMILES string of the molecule is CCCC/C=C\[C@H]1OC(=O)N[C@H]1Cc1ccccc1. The highest BCUT2D eigenvalue weighted by molar-refractivity contribution is 5.70. The fourth-order valence-corrected chi connectivity index (χ4v) is 2.23. The van der Waals surface area contributed by atoms with E-state index in [-0.39, 0.29) is 18.2 Å². The van der Waals surface area contributed by atoms with E-state index >= 15 is 0 Å². The van der Waals surface area contributed by atoms with E-state index in [0.717, 1.165) is 12.8 Å². The Hall–Kier alpha value is -1.77. The monoisotopic (exact) mass is 259 g/mol. The summed E-state index contributed by atoms with van der Waals surface area (Å²) in [5.41, 5.74) is 1.21. The molecular formula is C16H21NO2. The molecule has 3 heteroatoms. The Morgan fingerprint density at radius 2 is 2.11 bits per heavy atom. The highest BCUT2D eigenvalue weighted by atomic mass is 16.6. The van der Waals surface area contributed by atoms with Crippen LogP contribution in [0.3, 0.4) is 0 Å². The molecule has 102 valence electrons. The summed E-state index contributed by atoms with van der Waals surface area (Å²) in [5, 5.41) is 2.88. The van der Waals surface area contributed by atoms with E-state index in [0.29, 0.717) is 0 Å². The molecule has 0 saturated carbocycles. The van der Waals surface area contributed by atoms with Crippen molar-refractivity contribution in [1.29, 1.82) is 0 Å². The Morgan fingerprint density at radius 1 is 1.32 bits per heavy atom. The molecule has 0 radical (unpaired) electrons. The highest BCUT2D eigenvalue weighted by Gasteiger charge is 2.31. The minimum atomic E-state index is -0.314. The van der Waals surface area contributed by atoms with Gasteiger partial charge in [-0.05, 0) is 24.5 Å². The Balaban J connectivity index is 1.93. The van der Waals surface area contributed by atoms with Crippen LogP contribution in [0.4, 0.5) is 4.79 Å². The van der Waals surface area contributed by atoms with Gasteiger partial charge in [-0.3, -0.25) is 0 Å². The summed E-state index contributed by atoms with van der Waals surface area (Å²) in [6, 6.07) is 10.2. The van der Waals surface area contributed by atoms with Gasteiger partial charge in [0, 0.05) is 0 Å². The van der Waals surface area contributed by atoms with Crippen LogP contribution in [0.25, 0.3) is 0 Å². The number of hydrogen-bond donors (Lipinski definition) is 1. The van der Waals surface area contributed by atoms with Crippen molar-refractivity contribution < 1.29 is 9.53 Å². The summed E-state index contributed by atoms with van der Waals surface area (Å²) in [7, 11) is 0. The quantitative estimate of drug-likeness (QED) is 0.627. The van der Waals surface area contributed by atoms with Gasteiger partial charge in [0.05, 0.1) is 6.04 Å². The van der Waals surface area contributed by atoms with Gasteiger partial charge in [-0.15, -0.1) is 0 Å². The van der Waals surface area contributed by atoms with Crippen LogP contribution < -0.4 is 5.32 Å². The Kier molecular flexibility index (Phi) is 5.01. The number of alkyl carbamates (subject to hydrolysis) is 1. The van der Waals surface area contributed by atoms with E-state index < -0.39 is 0 Å². The van der Waals surface area contributed by atoms with Crippen molar-refractivity contribution in [3.63, 3.8) is 0 Å². The molecule has 1 saturated heterocycles. The summed E-state index contributed by atoms with van der Waals surface area (Å²) in [5.74, 6) is 0. The molecule has 1 N–H and O–H groups in total. The fraction of sp³-hybridized carbons (Fsp3) is 0.438. The maximum atomic E-state index is 11.4. The number of benzene rings is 1. The number of carbonyl (C=O) groups excluding carboxylic acids is 1. The molecule has 1 aromatic rings. The lowest BCUT2D eigenvalue weighted by molar-refractivity contribution is 0.153. The summed E-state index contributed by atoms with van der Waals surface area (Å²) in [6.07, 6.45) is 7.87. The second kappa shape index (κ2) is 6.98. The molecule has 0 aromatic heterocycles. The fourth-order valence-electron chi connectivity index (χ4n) is 2.23. The van der Waals surface area contributed by atoms with E-state index in [2.05, 4.69) is 30.4 Å². The lowest BCUT2D eigenvalue weighted by Gasteiger charge is -2.13. The number of ether oxygens (including phenoxy) is 1. The van der Waals surface area contributed by atoms with Crippen LogP contribution in [0.15, 0.2) is 42.5 Å². The predicted molar refractivity (Wildman–Crippen MR) is 76.0 cm³/mol. The molecular weight excluding hydrogens is 238 g/mol. The average molecular weight is 259 g/mol. The molecule has 0 aliphatic carbocycles. The van der Waals surface area contributed by atoms with Crippen molar-refractivity contribution in [2.24, 2.45) is 0 Å². The number of carbonyl (C=O) groups is 1. The van der Waals surface area contributed by atoms with Crippen LogP contribution >= 0.6 is 0 Å². The number of rotatable bonds is 6. The van der Waals surface area contributed by atoms with Crippen LogP contribution in [-0.4, -0.2) is 18.2 Å². The van der Waals surface area contributed by atoms with Gasteiger partial charge in [-0.1, -0.05) is 56.2 Å². The molecule has 0 bridgehead atoms. The molecule has 2 atom stereocenters. The summed E-state index contributed by atoms with van der Waals surface area (Å²) in [6.45, 7) is 2.17. The number of allylic oxidation sites excluding steroid dienone is 1. The molecule has 0 unspecified atom stereocenters. The van der Waals surface area contributed by atoms with Gasteiger partial charge in [0.1, 0.15) is 6.10 Å². The van der Waals surface area contributed by atoms with Gasteiger partial charge in [-0.25, -0.2) is 4.79 Å². The Labute approximate surface area is 114 Å². The molecule has 19 heavy (non-hydrogen) atoms. The zero-order chi connectivity index (χ0) is 13.5. The number of amides is 1. The van der Waals surface area contributed by atoms with E-state index in [9.17, 15) is 4.79 Å². The second-order valence-corrected chi connectivity index (χ2v) is 4.88. The van der Waals surface area contributed by atoms with Gasteiger partial charge in [0.25, 0.3) is 0 Å². The first-order valence-corrected chi connectivity index (χ1v) is 6.97. The maximum absolute atomic E-state index is 11.4. The maximum Gasteiger partial charge on any atom is 0.408 e. The third-order valence-corrected chi connectivity index (χ3v) is 3.29. The zero-order valence-electron chi connectivity index (χ0n) is 11.3. The van der Waals surface area contributed by atoms with Gasteiger partial charge in [-0.2, -0.15) is 0 Å². The van der Waals surface area contributed by atoms with Crippen LogP contribution in [0.5, 0.6) is 0 Å². The largest absolute Gasteiger partial charge is 0.440 e. The summed E-state index contributed by atoms with van der Waals surface area (Å²) < 4.78 is 5.29. The highest BCUT2D eigenvalue weighted by Crippen LogP contribution is 2.16. The Bertz CT molecular complexity index is 428. The minimum absolute atomic E-state index is 0.0350. The van der Waals surface area contributed by atoms with E-state index in [1.54, 1.807) is 0 Å². The predicted octanol–water partition coefficient (Wildman–Crippen LogP) is 3.45. The van der Waals surface area contributed by atoms with Crippen LogP contribution in [-0.2, 0) is 11.2 Å². The molecule has 1 fully saturated rings. The van der Waals surface area contributed by atoms with Crippen molar-refractivity contribution in [1.82, 2.24) is 5.32 Å². The molecule has 1 amide bonds. The normalized spacial score (nSPS) is 22.5. The smallest absolute Gasteiger partial charge is 0.408 e. The number of unbranched alkanes of at least 4 members (excludes halogenated alkanes) is 2. The molecule has 3 nitrogen and oxygen atoms in total. The van der Waals surface area contributed by atoms with Crippen molar-refractivity contribution in [3.05, 3.63) is 48.0 Å². The van der Waals surface area contributed by atoms with Crippen LogP contribution in [0.1, 0.15) is 31.7 Å². The first-order chi connectivity index (χ1) is 9.29. The van der Waals surface area contributed by atoms with E-state index in [1.165, 1.54) is 18.4 Å². The second-order valence-electron chi connectivity index (χ2n) is 4.88. The van der Waals surface area contributed by atoms with Crippen molar-refractivity contribution >= 4 is 6.09 Å². The molecule has 1 aromatic carbocycles. The minimum Gasteiger partial charge on any atom is -0.440 e. The molecule has 1 aliphatic rings. The van der Waals surface area contributed by atoms with Crippen molar-refractivity contribution in [2.45, 2.75) is 44.8 Å². The van der Waals surface area contributed by atoms with E-state index in [4.69, 9.17) is 4.74 Å². The molecule has 2 rings (SSSR count). The zero-order valence-corrected chi connectivity index (χ0v) is 11.3. The lowest BCUT2D eigenvalue weighted by Crippen LogP contribution is -2.32. The van der Waals surface area contributed by atoms with Crippen LogP contribution in [0.2, 0.25) is 0 Å². The van der Waals surface area contributed by atoms with Gasteiger partial charge < -0.3 is 10.1 Å². The molecule has 0 spiro atoms. The number of cyclic esters (lactones) is 1. The van der Waals surface area contributed by atoms with E-state index in [1.807, 2.05) is 24.3 Å². The average Bonchev–Trinajstić information content (AvgIpc) is 2.76. The first-order valence-electron chi connectivity index (χ1n) is 6.97. The van der Waals surface area contributed by atoms with Gasteiger partial charge >= 0.3 is 6.09 Å². The van der Waals surface area contributed by atoms with Gasteiger partial charge in [0.2, 0.25) is 0 Å². The Morgan fingerprint density at radius 3 is 2.84 bits per heavy atom. The molecule has 1 aliphatic heterocycles. The summed E-state index contributed by atoms with van der Waals surface area (Å²) in [4.78, 5) is 11.4.